The zero-order chi connectivity index (χ0) is 17.8. The number of amides is 1. The highest BCUT2D eigenvalue weighted by atomic mass is 35.5. The van der Waals surface area contributed by atoms with E-state index in [1.807, 2.05) is 30.8 Å². The Labute approximate surface area is 150 Å². The van der Waals surface area contributed by atoms with Crippen molar-refractivity contribution in [1.82, 2.24) is 34.7 Å². The van der Waals surface area contributed by atoms with E-state index in [4.69, 9.17) is 11.6 Å². The summed E-state index contributed by atoms with van der Waals surface area (Å²) in [6.45, 7) is 5.54. The first-order valence-electron chi connectivity index (χ1n) is 8.03. The SMILES string of the molecule is Cc1nn(CCCNC(=O)c2ccn(Cn3cccn3)n2)c(C)c1Cl. The van der Waals surface area contributed by atoms with E-state index in [2.05, 4.69) is 20.6 Å². The molecule has 3 aromatic rings. The van der Waals surface area contributed by atoms with Crippen LogP contribution in [0.1, 0.15) is 28.3 Å². The summed E-state index contributed by atoms with van der Waals surface area (Å²) in [5.41, 5.74) is 2.16. The van der Waals surface area contributed by atoms with Crippen LogP contribution in [0.15, 0.2) is 30.7 Å². The van der Waals surface area contributed by atoms with Crippen LogP contribution < -0.4 is 5.32 Å². The number of aromatic nitrogens is 6. The van der Waals surface area contributed by atoms with E-state index in [9.17, 15) is 4.79 Å². The highest BCUT2D eigenvalue weighted by Crippen LogP contribution is 2.18. The topological polar surface area (TPSA) is 82.6 Å². The molecule has 0 unspecified atom stereocenters. The Morgan fingerprint density at radius 2 is 2.08 bits per heavy atom. The molecule has 3 heterocycles. The molecule has 1 N–H and O–H groups in total. The first-order valence-corrected chi connectivity index (χ1v) is 8.41. The summed E-state index contributed by atoms with van der Waals surface area (Å²) >= 11 is 6.12. The lowest BCUT2D eigenvalue weighted by molar-refractivity contribution is 0.0946. The van der Waals surface area contributed by atoms with E-state index >= 15 is 0 Å². The molecule has 0 radical (unpaired) electrons. The van der Waals surface area contributed by atoms with Gasteiger partial charge < -0.3 is 5.32 Å². The van der Waals surface area contributed by atoms with Crippen molar-refractivity contribution in [3.8, 4) is 0 Å². The van der Waals surface area contributed by atoms with Crippen LogP contribution in [0.5, 0.6) is 0 Å². The van der Waals surface area contributed by atoms with Gasteiger partial charge in [-0.25, -0.2) is 0 Å². The third-order valence-corrected chi connectivity index (χ3v) is 4.39. The number of hydrogen-bond donors (Lipinski definition) is 1. The summed E-state index contributed by atoms with van der Waals surface area (Å²) in [7, 11) is 0. The lowest BCUT2D eigenvalue weighted by atomic mass is 10.3. The largest absolute Gasteiger partial charge is 0.351 e. The van der Waals surface area contributed by atoms with Crippen molar-refractivity contribution in [2.45, 2.75) is 33.5 Å². The van der Waals surface area contributed by atoms with Gasteiger partial charge in [0.05, 0.1) is 16.4 Å². The molecule has 0 aliphatic heterocycles. The molecule has 25 heavy (non-hydrogen) atoms. The van der Waals surface area contributed by atoms with Crippen molar-refractivity contribution in [1.29, 1.82) is 0 Å². The Hall–Kier alpha value is -2.61. The summed E-state index contributed by atoms with van der Waals surface area (Å²) in [6.07, 6.45) is 6.06. The van der Waals surface area contributed by atoms with Crippen molar-refractivity contribution < 1.29 is 4.79 Å². The minimum absolute atomic E-state index is 0.189. The van der Waals surface area contributed by atoms with Gasteiger partial charge in [-0.15, -0.1) is 0 Å². The number of aryl methyl sites for hydroxylation is 2. The minimum Gasteiger partial charge on any atom is -0.351 e. The standard InChI is InChI=1S/C16H20ClN7O/c1-12-15(17)13(2)24(20-12)9-3-6-18-16(25)14-5-10-23(21-14)11-22-8-4-7-19-22/h4-5,7-8,10H,3,6,9,11H2,1-2H3,(H,18,25). The lowest BCUT2D eigenvalue weighted by Crippen LogP contribution is -2.26. The number of carbonyl (C=O) groups excluding carboxylic acids is 1. The average molecular weight is 362 g/mol. The van der Waals surface area contributed by atoms with Crippen molar-refractivity contribution in [3.63, 3.8) is 0 Å². The molecular weight excluding hydrogens is 342 g/mol. The summed E-state index contributed by atoms with van der Waals surface area (Å²) in [4.78, 5) is 12.1. The number of nitrogens with zero attached hydrogens (tertiary/aromatic N) is 6. The second-order valence-corrected chi connectivity index (χ2v) is 6.12. The predicted octanol–water partition coefficient (Wildman–Crippen LogP) is 1.87. The van der Waals surface area contributed by atoms with Gasteiger partial charge >= 0.3 is 0 Å². The molecule has 0 aromatic carbocycles. The second kappa shape index (κ2) is 7.52. The van der Waals surface area contributed by atoms with Gasteiger partial charge in [-0.3, -0.25) is 18.8 Å². The van der Waals surface area contributed by atoms with Crippen molar-refractivity contribution in [2.24, 2.45) is 0 Å². The highest BCUT2D eigenvalue weighted by molar-refractivity contribution is 6.31. The third kappa shape index (κ3) is 4.08. The Kier molecular flexibility index (Phi) is 5.18. The van der Waals surface area contributed by atoms with E-state index in [0.717, 1.165) is 17.8 Å². The van der Waals surface area contributed by atoms with Crippen molar-refractivity contribution in [2.75, 3.05) is 6.54 Å². The molecule has 0 atom stereocenters. The molecule has 3 rings (SSSR count). The van der Waals surface area contributed by atoms with Gasteiger partial charge in [0.25, 0.3) is 5.91 Å². The molecule has 1 amide bonds. The summed E-state index contributed by atoms with van der Waals surface area (Å²) in [5, 5.41) is 16.3. The lowest BCUT2D eigenvalue weighted by Gasteiger charge is -2.06. The van der Waals surface area contributed by atoms with Gasteiger partial charge in [0.15, 0.2) is 0 Å². The molecule has 132 valence electrons. The van der Waals surface area contributed by atoms with Crippen LogP contribution in [-0.2, 0) is 13.2 Å². The summed E-state index contributed by atoms with van der Waals surface area (Å²) < 4.78 is 5.26. The molecule has 0 saturated carbocycles. The zero-order valence-corrected chi connectivity index (χ0v) is 14.9. The van der Waals surface area contributed by atoms with Gasteiger partial charge in [0.2, 0.25) is 0 Å². The van der Waals surface area contributed by atoms with Crippen LogP contribution in [0, 0.1) is 13.8 Å². The van der Waals surface area contributed by atoms with Crippen molar-refractivity contribution >= 4 is 17.5 Å². The Balaban J connectivity index is 1.46. The van der Waals surface area contributed by atoms with Crippen LogP contribution in [0.25, 0.3) is 0 Å². The average Bonchev–Trinajstić information content (AvgIpc) is 3.32. The van der Waals surface area contributed by atoms with E-state index in [-0.39, 0.29) is 5.91 Å². The predicted molar refractivity (Wildman–Crippen MR) is 93.5 cm³/mol. The second-order valence-electron chi connectivity index (χ2n) is 5.74. The van der Waals surface area contributed by atoms with Gasteiger partial charge in [-0.2, -0.15) is 15.3 Å². The summed E-state index contributed by atoms with van der Waals surface area (Å²) in [5.74, 6) is -0.189. The Bertz CT molecular complexity index is 850. The smallest absolute Gasteiger partial charge is 0.271 e. The van der Waals surface area contributed by atoms with Crippen LogP contribution in [0.2, 0.25) is 5.02 Å². The maximum absolute atomic E-state index is 12.1. The van der Waals surface area contributed by atoms with Gasteiger partial charge in [-0.05, 0) is 32.4 Å². The molecule has 0 saturated heterocycles. The number of hydrogen-bond acceptors (Lipinski definition) is 4. The van der Waals surface area contributed by atoms with E-state index in [1.165, 1.54) is 0 Å². The van der Waals surface area contributed by atoms with E-state index in [1.54, 1.807) is 27.8 Å². The highest BCUT2D eigenvalue weighted by Gasteiger charge is 2.11. The van der Waals surface area contributed by atoms with Gasteiger partial charge in [0, 0.05) is 31.7 Å². The molecular formula is C16H20ClN7O. The molecule has 0 fully saturated rings. The van der Waals surface area contributed by atoms with Crippen LogP contribution in [0.4, 0.5) is 0 Å². The summed E-state index contributed by atoms with van der Waals surface area (Å²) in [6, 6.07) is 3.53. The third-order valence-electron chi connectivity index (χ3n) is 3.85. The number of carbonyl (C=O) groups is 1. The Morgan fingerprint density at radius 3 is 2.76 bits per heavy atom. The van der Waals surface area contributed by atoms with E-state index in [0.29, 0.717) is 30.5 Å². The molecule has 3 aromatic heterocycles. The van der Waals surface area contributed by atoms with Crippen LogP contribution >= 0.6 is 11.6 Å². The molecule has 9 heteroatoms. The zero-order valence-electron chi connectivity index (χ0n) is 14.2. The first kappa shape index (κ1) is 17.2. The fourth-order valence-corrected chi connectivity index (χ4v) is 2.64. The number of nitrogens with one attached hydrogen (secondary N) is 1. The minimum atomic E-state index is -0.189. The van der Waals surface area contributed by atoms with E-state index < -0.39 is 0 Å². The number of rotatable bonds is 7. The quantitative estimate of drug-likeness (QED) is 0.651. The van der Waals surface area contributed by atoms with Crippen molar-refractivity contribution in [3.05, 3.63) is 52.8 Å². The molecule has 8 nitrogen and oxygen atoms in total. The maximum Gasteiger partial charge on any atom is 0.271 e. The normalized spacial score (nSPS) is 11.0. The fourth-order valence-electron chi connectivity index (χ4n) is 2.51. The molecule has 0 aliphatic rings. The van der Waals surface area contributed by atoms with Crippen LogP contribution in [-0.4, -0.2) is 41.8 Å². The molecule has 0 aliphatic carbocycles. The first-order chi connectivity index (χ1) is 12.0. The Morgan fingerprint density at radius 1 is 1.24 bits per heavy atom. The fraction of sp³-hybridized carbons (Fsp3) is 0.375. The molecule has 0 spiro atoms. The number of halogens is 1. The van der Waals surface area contributed by atoms with Gasteiger partial charge in [-0.1, -0.05) is 11.6 Å². The maximum atomic E-state index is 12.1. The monoisotopic (exact) mass is 361 g/mol. The van der Waals surface area contributed by atoms with Crippen LogP contribution in [0.3, 0.4) is 0 Å². The molecule has 0 bridgehead atoms. The van der Waals surface area contributed by atoms with Gasteiger partial charge in [0.1, 0.15) is 12.4 Å².